The highest BCUT2D eigenvalue weighted by atomic mass is 79.9. The monoisotopic (exact) mass is 294 g/mol. The van der Waals surface area contributed by atoms with Crippen LogP contribution in [0.1, 0.15) is 25.5 Å². The summed E-state index contributed by atoms with van der Waals surface area (Å²) in [5.74, 6) is 0. The maximum atomic E-state index is 4.33. The summed E-state index contributed by atoms with van der Waals surface area (Å²) >= 11 is 3.38. The highest BCUT2D eigenvalue weighted by Crippen LogP contribution is 2.44. The minimum Gasteiger partial charge on any atom is -0.311 e. The molecule has 0 atom stereocenters. The van der Waals surface area contributed by atoms with E-state index in [9.17, 15) is 0 Å². The Morgan fingerprint density at radius 1 is 1.41 bits per heavy atom. The van der Waals surface area contributed by atoms with E-state index < -0.39 is 0 Å². The zero-order valence-corrected chi connectivity index (χ0v) is 11.4. The molecule has 1 N–H and O–H groups in total. The third kappa shape index (κ3) is 2.35. The molecule has 0 aliphatic heterocycles. The van der Waals surface area contributed by atoms with Crippen LogP contribution in [0, 0.1) is 5.41 Å². The number of rotatable bonds is 4. The summed E-state index contributed by atoms with van der Waals surface area (Å²) in [5, 5.41) is 3.51. The summed E-state index contributed by atoms with van der Waals surface area (Å²) < 4.78 is 2.90. The van der Waals surface area contributed by atoms with Crippen molar-refractivity contribution in [1.82, 2.24) is 19.7 Å². The van der Waals surface area contributed by atoms with Crippen molar-refractivity contribution >= 4 is 21.6 Å². The van der Waals surface area contributed by atoms with Crippen molar-refractivity contribution in [1.29, 1.82) is 0 Å². The van der Waals surface area contributed by atoms with Gasteiger partial charge in [-0.2, -0.15) is 0 Å². The van der Waals surface area contributed by atoms with Gasteiger partial charge in [-0.05, 0) is 34.2 Å². The predicted octanol–water partition coefficient (Wildman–Crippen LogP) is 2.38. The van der Waals surface area contributed by atoms with Crippen molar-refractivity contribution in [2.45, 2.75) is 26.3 Å². The number of nitrogens with one attached hydrogen (secondary N) is 1. The van der Waals surface area contributed by atoms with Crippen molar-refractivity contribution in [3.8, 4) is 0 Å². The Bertz CT molecular complexity index is 544. The molecular formula is C12H15BrN4. The zero-order chi connectivity index (χ0) is 11.9. The summed E-state index contributed by atoms with van der Waals surface area (Å²) in [6.07, 6.45) is 8.34. The Morgan fingerprint density at radius 2 is 2.24 bits per heavy atom. The van der Waals surface area contributed by atoms with Gasteiger partial charge in [-0.3, -0.25) is 4.40 Å². The lowest BCUT2D eigenvalue weighted by Crippen LogP contribution is -2.22. The predicted molar refractivity (Wildman–Crippen MR) is 69.7 cm³/mol. The molecule has 90 valence electrons. The Balaban J connectivity index is 1.73. The van der Waals surface area contributed by atoms with Gasteiger partial charge in [0.1, 0.15) is 4.60 Å². The molecule has 0 aromatic carbocycles. The normalized spacial score (nSPS) is 17.5. The van der Waals surface area contributed by atoms with E-state index in [-0.39, 0.29) is 0 Å². The molecule has 1 aliphatic carbocycles. The summed E-state index contributed by atoms with van der Waals surface area (Å²) in [7, 11) is 0. The maximum absolute atomic E-state index is 4.33. The van der Waals surface area contributed by atoms with Gasteiger partial charge < -0.3 is 5.32 Å². The minimum absolute atomic E-state index is 0.544. The number of imidazole rings is 1. The van der Waals surface area contributed by atoms with E-state index in [0.29, 0.717) is 5.41 Å². The van der Waals surface area contributed by atoms with Gasteiger partial charge in [0, 0.05) is 19.3 Å². The molecular weight excluding hydrogens is 280 g/mol. The molecule has 0 saturated heterocycles. The molecule has 0 radical (unpaired) electrons. The van der Waals surface area contributed by atoms with Crippen LogP contribution in [0.5, 0.6) is 0 Å². The lowest BCUT2D eigenvalue weighted by molar-refractivity contribution is 0.496. The molecule has 0 unspecified atom stereocenters. The molecule has 2 aromatic heterocycles. The quantitative estimate of drug-likeness (QED) is 0.941. The highest BCUT2D eigenvalue weighted by Gasteiger charge is 2.36. The maximum Gasteiger partial charge on any atom is 0.155 e. The number of nitrogens with zero attached hydrogens (tertiary/aromatic N) is 3. The van der Waals surface area contributed by atoms with Crippen LogP contribution in [0.25, 0.3) is 5.65 Å². The van der Waals surface area contributed by atoms with Crippen molar-refractivity contribution in [2.24, 2.45) is 5.41 Å². The fraction of sp³-hybridized carbons (Fsp3) is 0.500. The van der Waals surface area contributed by atoms with Crippen molar-refractivity contribution in [3.05, 3.63) is 28.9 Å². The second-order valence-electron chi connectivity index (χ2n) is 5.10. The molecule has 0 spiro atoms. The fourth-order valence-corrected chi connectivity index (χ4v) is 2.24. The molecule has 1 fully saturated rings. The lowest BCUT2D eigenvalue weighted by atomic mass is 10.1. The third-order valence-electron chi connectivity index (χ3n) is 3.40. The Hall–Kier alpha value is -0.940. The minimum atomic E-state index is 0.544. The molecule has 0 bridgehead atoms. The van der Waals surface area contributed by atoms with Crippen LogP contribution in [0.3, 0.4) is 0 Å². The number of halogens is 1. The number of hydrogen-bond donors (Lipinski definition) is 1. The average molecular weight is 295 g/mol. The average Bonchev–Trinajstić information content (AvgIpc) is 2.90. The first-order chi connectivity index (χ1) is 8.16. The zero-order valence-electron chi connectivity index (χ0n) is 9.78. The van der Waals surface area contributed by atoms with E-state index in [0.717, 1.165) is 23.3 Å². The van der Waals surface area contributed by atoms with Crippen LogP contribution in [0.15, 0.2) is 23.2 Å². The van der Waals surface area contributed by atoms with E-state index >= 15 is 0 Å². The molecule has 0 amide bonds. The van der Waals surface area contributed by atoms with E-state index in [1.165, 1.54) is 18.5 Å². The van der Waals surface area contributed by atoms with Gasteiger partial charge in [-0.25, -0.2) is 9.97 Å². The van der Waals surface area contributed by atoms with E-state index in [1.807, 2.05) is 12.4 Å². The molecule has 1 saturated carbocycles. The summed E-state index contributed by atoms with van der Waals surface area (Å²) in [6.45, 7) is 4.27. The van der Waals surface area contributed by atoms with Gasteiger partial charge in [-0.1, -0.05) is 6.92 Å². The van der Waals surface area contributed by atoms with Crippen LogP contribution in [0.2, 0.25) is 0 Å². The molecule has 3 rings (SSSR count). The van der Waals surface area contributed by atoms with Crippen LogP contribution in [-0.2, 0) is 6.54 Å². The van der Waals surface area contributed by atoms with Crippen molar-refractivity contribution in [2.75, 3.05) is 6.54 Å². The molecule has 17 heavy (non-hydrogen) atoms. The van der Waals surface area contributed by atoms with Crippen molar-refractivity contribution in [3.63, 3.8) is 0 Å². The summed E-state index contributed by atoms with van der Waals surface area (Å²) in [4.78, 5) is 8.49. The number of fused-ring (bicyclic) bond motifs is 1. The number of aromatic nitrogens is 3. The lowest BCUT2D eigenvalue weighted by Gasteiger charge is -2.09. The topological polar surface area (TPSA) is 42.2 Å². The van der Waals surface area contributed by atoms with E-state index in [2.05, 4.69) is 42.5 Å². The SMILES string of the molecule is CC1(CNCc2cnc3cnc(Br)cn23)CC1. The van der Waals surface area contributed by atoms with Crippen LogP contribution < -0.4 is 5.32 Å². The van der Waals surface area contributed by atoms with Crippen molar-refractivity contribution < 1.29 is 0 Å². The highest BCUT2D eigenvalue weighted by molar-refractivity contribution is 9.10. The van der Waals surface area contributed by atoms with Gasteiger partial charge in [0.2, 0.25) is 0 Å². The first kappa shape index (κ1) is 11.2. The number of hydrogen-bond acceptors (Lipinski definition) is 3. The van der Waals surface area contributed by atoms with Gasteiger partial charge >= 0.3 is 0 Å². The summed E-state index contributed by atoms with van der Waals surface area (Å²) in [6, 6.07) is 0. The van der Waals surface area contributed by atoms with E-state index in [4.69, 9.17) is 0 Å². The smallest absolute Gasteiger partial charge is 0.155 e. The Morgan fingerprint density at radius 3 is 3.00 bits per heavy atom. The van der Waals surface area contributed by atoms with Crippen LogP contribution >= 0.6 is 15.9 Å². The molecule has 1 aliphatic rings. The first-order valence-electron chi connectivity index (χ1n) is 5.85. The standard InChI is InChI=1S/C12H15BrN4/c1-12(2-3-12)8-14-4-9-5-16-11-6-15-10(13)7-17(9)11/h5-7,14H,2-4,8H2,1H3. The summed E-state index contributed by atoms with van der Waals surface area (Å²) in [5.41, 5.74) is 2.61. The van der Waals surface area contributed by atoms with Gasteiger partial charge in [0.25, 0.3) is 0 Å². The second kappa shape index (κ2) is 4.07. The first-order valence-corrected chi connectivity index (χ1v) is 6.64. The molecule has 2 aromatic rings. The molecule has 4 nitrogen and oxygen atoms in total. The Kier molecular flexibility index (Phi) is 2.67. The molecule has 5 heteroatoms. The van der Waals surface area contributed by atoms with E-state index in [1.54, 1.807) is 6.20 Å². The fourth-order valence-electron chi connectivity index (χ4n) is 1.93. The third-order valence-corrected chi connectivity index (χ3v) is 3.81. The second-order valence-corrected chi connectivity index (χ2v) is 5.91. The van der Waals surface area contributed by atoms with Crippen LogP contribution in [0.4, 0.5) is 0 Å². The van der Waals surface area contributed by atoms with Crippen LogP contribution in [-0.4, -0.2) is 20.9 Å². The van der Waals surface area contributed by atoms with Gasteiger partial charge in [0.05, 0.1) is 18.1 Å². The largest absolute Gasteiger partial charge is 0.311 e. The molecule has 2 heterocycles. The Labute approximate surface area is 109 Å². The van der Waals surface area contributed by atoms with Gasteiger partial charge in [-0.15, -0.1) is 0 Å². The van der Waals surface area contributed by atoms with Gasteiger partial charge in [0.15, 0.2) is 5.65 Å².